The Morgan fingerprint density at radius 1 is 1.16 bits per heavy atom. The first-order valence-corrected chi connectivity index (χ1v) is 12.0. The van der Waals surface area contributed by atoms with E-state index in [9.17, 15) is 4.79 Å². The van der Waals surface area contributed by atoms with Crippen molar-refractivity contribution < 1.29 is 9.53 Å². The molecule has 3 aromatic rings. The molecule has 5 rings (SSSR count). The van der Waals surface area contributed by atoms with Crippen molar-refractivity contribution >= 4 is 23.5 Å². The van der Waals surface area contributed by atoms with Crippen molar-refractivity contribution in [1.29, 1.82) is 0 Å². The number of fused-ring (bicyclic) bond motifs is 1. The molecule has 6 nitrogen and oxygen atoms in total. The molecular formula is C25H26N4O2S. The number of carbonyl (C=O) groups excluding carboxylic acids is 1. The highest BCUT2D eigenvalue weighted by Crippen LogP contribution is 2.43. The number of thioether (sulfide) groups is 1. The average Bonchev–Trinajstić information content (AvgIpc) is 3.21. The standard InChI is InChI=1S/C25H26N4O2S/c1-3-31-21-14-7-6-11-18(21)23-22-19(12-8-13-20(22)30)26-24-27-25(28-29(23)24)32-15-17-10-5-4-9-16(17)2/h4-7,9-11,14,23H,3,8,12-13,15H2,1-2H3,(H,26,27,28). The number of benzene rings is 2. The zero-order chi connectivity index (χ0) is 22.1. The number of anilines is 1. The molecule has 1 aliphatic heterocycles. The van der Waals surface area contributed by atoms with Crippen LogP contribution in [0.25, 0.3) is 0 Å². The molecular weight excluding hydrogens is 420 g/mol. The van der Waals surface area contributed by atoms with E-state index in [2.05, 4.69) is 36.5 Å². The van der Waals surface area contributed by atoms with E-state index in [-0.39, 0.29) is 11.8 Å². The number of hydrogen-bond donors (Lipinski definition) is 1. The van der Waals surface area contributed by atoms with Crippen LogP contribution < -0.4 is 10.1 Å². The molecule has 0 spiro atoms. The third-order valence-corrected chi connectivity index (χ3v) is 6.87. The molecule has 0 radical (unpaired) electrons. The molecule has 0 saturated carbocycles. The van der Waals surface area contributed by atoms with Crippen molar-refractivity contribution in [2.75, 3.05) is 11.9 Å². The molecule has 1 aromatic heterocycles. The number of aryl methyl sites for hydroxylation is 1. The van der Waals surface area contributed by atoms with Crippen molar-refractivity contribution in [2.24, 2.45) is 0 Å². The summed E-state index contributed by atoms with van der Waals surface area (Å²) < 4.78 is 7.79. The molecule has 0 bridgehead atoms. The lowest BCUT2D eigenvalue weighted by atomic mass is 9.85. The second-order valence-corrected chi connectivity index (χ2v) is 8.99. The fraction of sp³-hybridized carbons (Fsp3) is 0.320. The van der Waals surface area contributed by atoms with E-state index in [4.69, 9.17) is 14.8 Å². The number of allylic oxidation sites excluding steroid dienone is 2. The Hall–Kier alpha value is -3.06. The second kappa shape index (κ2) is 8.82. The van der Waals surface area contributed by atoms with Crippen LogP contribution in [0.5, 0.6) is 5.75 Å². The maximum absolute atomic E-state index is 13.0. The minimum atomic E-state index is -0.336. The van der Waals surface area contributed by atoms with E-state index < -0.39 is 0 Å². The van der Waals surface area contributed by atoms with E-state index in [0.717, 1.165) is 41.2 Å². The highest BCUT2D eigenvalue weighted by atomic mass is 32.2. The molecule has 2 heterocycles. The van der Waals surface area contributed by atoms with Gasteiger partial charge in [0.15, 0.2) is 5.78 Å². The van der Waals surface area contributed by atoms with Crippen LogP contribution in [0, 0.1) is 6.92 Å². The first kappa shape index (κ1) is 20.8. The van der Waals surface area contributed by atoms with Crippen LogP contribution in [-0.4, -0.2) is 27.2 Å². The molecule has 2 aromatic carbocycles. The van der Waals surface area contributed by atoms with Gasteiger partial charge in [0.25, 0.3) is 0 Å². The van der Waals surface area contributed by atoms with Crippen molar-refractivity contribution in [3.05, 3.63) is 76.5 Å². The monoisotopic (exact) mass is 446 g/mol. The maximum atomic E-state index is 13.0. The zero-order valence-electron chi connectivity index (χ0n) is 18.3. The number of Topliss-reactive ketones (excluding diaryl/α,β-unsaturated/α-hetero) is 1. The van der Waals surface area contributed by atoms with Gasteiger partial charge in [-0.25, -0.2) is 4.68 Å². The molecule has 32 heavy (non-hydrogen) atoms. The number of carbonyl (C=O) groups is 1. The molecule has 164 valence electrons. The fourth-order valence-electron chi connectivity index (χ4n) is 4.39. The number of ketones is 1. The van der Waals surface area contributed by atoms with Gasteiger partial charge >= 0.3 is 0 Å². The molecule has 0 fully saturated rings. The summed E-state index contributed by atoms with van der Waals surface area (Å²) in [6, 6.07) is 15.9. The Morgan fingerprint density at radius 3 is 2.81 bits per heavy atom. The van der Waals surface area contributed by atoms with E-state index in [1.54, 1.807) is 11.8 Å². The van der Waals surface area contributed by atoms with E-state index >= 15 is 0 Å². The highest BCUT2D eigenvalue weighted by Gasteiger charge is 2.38. The van der Waals surface area contributed by atoms with Crippen LogP contribution in [0.15, 0.2) is 65.0 Å². The van der Waals surface area contributed by atoms with Crippen LogP contribution >= 0.6 is 11.8 Å². The van der Waals surface area contributed by atoms with Gasteiger partial charge in [0, 0.05) is 29.0 Å². The van der Waals surface area contributed by atoms with Crippen molar-refractivity contribution in [3.63, 3.8) is 0 Å². The lowest BCUT2D eigenvalue weighted by Crippen LogP contribution is -2.31. The summed E-state index contributed by atoms with van der Waals surface area (Å²) >= 11 is 1.61. The van der Waals surface area contributed by atoms with Crippen molar-refractivity contribution in [2.45, 2.75) is 50.1 Å². The van der Waals surface area contributed by atoms with Gasteiger partial charge in [0.1, 0.15) is 11.8 Å². The van der Waals surface area contributed by atoms with Gasteiger partial charge in [-0.05, 0) is 43.9 Å². The number of ether oxygens (including phenoxy) is 1. The topological polar surface area (TPSA) is 69.0 Å². The van der Waals surface area contributed by atoms with Crippen LogP contribution in [0.3, 0.4) is 0 Å². The lowest BCUT2D eigenvalue weighted by molar-refractivity contribution is -0.116. The number of nitrogens with zero attached hydrogens (tertiary/aromatic N) is 3. The van der Waals surface area contributed by atoms with Gasteiger partial charge in [0.05, 0.1) is 6.61 Å². The fourth-order valence-corrected chi connectivity index (χ4v) is 5.30. The normalized spacial score (nSPS) is 17.6. The summed E-state index contributed by atoms with van der Waals surface area (Å²) in [5.74, 6) is 2.43. The Kier molecular flexibility index (Phi) is 5.74. The second-order valence-electron chi connectivity index (χ2n) is 8.05. The van der Waals surface area contributed by atoms with Crippen molar-refractivity contribution in [1.82, 2.24) is 14.8 Å². The van der Waals surface area contributed by atoms with Crippen LogP contribution in [0.4, 0.5) is 5.95 Å². The smallest absolute Gasteiger partial charge is 0.227 e. The molecule has 1 N–H and O–H groups in total. The number of para-hydroxylation sites is 1. The summed E-state index contributed by atoms with van der Waals surface area (Å²) in [5, 5.41) is 8.94. The number of aromatic nitrogens is 3. The van der Waals surface area contributed by atoms with Gasteiger partial charge in [-0.2, -0.15) is 4.98 Å². The Morgan fingerprint density at radius 2 is 1.97 bits per heavy atom. The largest absolute Gasteiger partial charge is 0.494 e. The Bertz CT molecular complexity index is 1200. The molecule has 1 unspecified atom stereocenters. The summed E-state index contributed by atoms with van der Waals surface area (Å²) in [7, 11) is 0. The van der Waals surface area contributed by atoms with Crippen LogP contribution in [0.1, 0.15) is 48.9 Å². The summed E-state index contributed by atoms with van der Waals surface area (Å²) in [6.45, 7) is 4.65. The minimum absolute atomic E-state index is 0.172. The molecule has 7 heteroatoms. The van der Waals surface area contributed by atoms with E-state index in [0.29, 0.717) is 24.1 Å². The van der Waals surface area contributed by atoms with E-state index in [1.807, 2.05) is 35.9 Å². The molecule has 0 amide bonds. The first-order chi connectivity index (χ1) is 15.7. The molecule has 0 saturated heterocycles. The Balaban J connectivity index is 1.54. The first-order valence-electron chi connectivity index (χ1n) is 11.0. The van der Waals surface area contributed by atoms with Gasteiger partial charge in [-0.15, -0.1) is 5.10 Å². The van der Waals surface area contributed by atoms with Gasteiger partial charge < -0.3 is 10.1 Å². The average molecular weight is 447 g/mol. The SMILES string of the molecule is CCOc1ccccc1C1C2=C(CCCC2=O)Nc2nc(SCc3ccccc3C)nn21. The zero-order valence-corrected chi connectivity index (χ0v) is 19.1. The van der Waals surface area contributed by atoms with Gasteiger partial charge in [0.2, 0.25) is 11.1 Å². The predicted molar refractivity (Wildman–Crippen MR) is 126 cm³/mol. The number of hydrogen-bond acceptors (Lipinski definition) is 6. The van der Waals surface area contributed by atoms with Crippen LogP contribution in [0.2, 0.25) is 0 Å². The van der Waals surface area contributed by atoms with Gasteiger partial charge in [-0.3, -0.25) is 4.79 Å². The summed E-state index contributed by atoms with van der Waals surface area (Å²) in [4.78, 5) is 17.8. The van der Waals surface area contributed by atoms with Gasteiger partial charge in [-0.1, -0.05) is 54.2 Å². The third-order valence-electron chi connectivity index (χ3n) is 5.98. The highest BCUT2D eigenvalue weighted by molar-refractivity contribution is 7.98. The molecule has 1 aliphatic carbocycles. The maximum Gasteiger partial charge on any atom is 0.227 e. The third kappa shape index (κ3) is 3.81. The lowest BCUT2D eigenvalue weighted by Gasteiger charge is -2.32. The number of rotatable bonds is 6. The Labute approximate surface area is 192 Å². The predicted octanol–water partition coefficient (Wildman–Crippen LogP) is 5.30. The van der Waals surface area contributed by atoms with E-state index in [1.165, 1.54) is 11.1 Å². The van der Waals surface area contributed by atoms with Crippen LogP contribution in [-0.2, 0) is 10.5 Å². The van der Waals surface area contributed by atoms with Crippen molar-refractivity contribution in [3.8, 4) is 5.75 Å². The minimum Gasteiger partial charge on any atom is -0.494 e. The molecule has 2 aliphatic rings. The summed E-state index contributed by atoms with van der Waals surface area (Å²) in [6.07, 6.45) is 2.26. The molecule has 1 atom stereocenters. The summed E-state index contributed by atoms with van der Waals surface area (Å²) in [5.41, 5.74) is 5.22. The quantitative estimate of drug-likeness (QED) is 0.518. The number of nitrogens with one attached hydrogen (secondary N) is 1.